The number of halogens is 1. The number of aromatic nitrogens is 1. The normalized spacial score (nSPS) is 9.76. The highest BCUT2D eigenvalue weighted by Gasteiger charge is 2.10. The van der Waals surface area contributed by atoms with Crippen LogP contribution in [0.15, 0.2) is 41.0 Å². The van der Waals surface area contributed by atoms with E-state index in [4.69, 9.17) is 5.26 Å². The van der Waals surface area contributed by atoms with Crippen molar-refractivity contribution in [3.8, 4) is 6.07 Å². The molecule has 2 aromatic rings. The van der Waals surface area contributed by atoms with Gasteiger partial charge in [0, 0.05) is 11.0 Å². The SMILES string of the molecule is CCNc1ccc(C(=O)Nc2ccc(C#N)cc2Br)nc1. The molecule has 0 atom stereocenters. The summed E-state index contributed by atoms with van der Waals surface area (Å²) in [7, 11) is 0. The molecular formula is C15H13BrN4O. The minimum Gasteiger partial charge on any atom is -0.384 e. The number of nitriles is 1. The van der Waals surface area contributed by atoms with E-state index in [2.05, 4.69) is 31.5 Å². The lowest BCUT2D eigenvalue weighted by atomic mass is 10.2. The highest BCUT2D eigenvalue weighted by molar-refractivity contribution is 9.10. The van der Waals surface area contributed by atoms with Gasteiger partial charge in [-0.3, -0.25) is 4.79 Å². The van der Waals surface area contributed by atoms with Gasteiger partial charge < -0.3 is 10.6 Å². The number of rotatable bonds is 4. The smallest absolute Gasteiger partial charge is 0.274 e. The molecule has 0 saturated heterocycles. The van der Waals surface area contributed by atoms with Crippen molar-refractivity contribution >= 4 is 33.2 Å². The van der Waals surface area contributed by atoms with Gasteiger partial charge in [-0.1, -0.05) is 0 Å². The number of benzene rings is 1. The molecule has 0 saturated carbocycles. The molecule has 1 aromatic heterocycles. The number of anilines is 2. The summed E-state index contributed by atoms with van der Waals surface area (Å²) in [5, 5.41) is 14.7. The van der Waals surface area contributed by atoms with Crippen LogP contribution in [-0.2, 0) is 0 Å². The Morgan fingerprint density at radius 3 is 2.76 bits per heavy atom. The number of carbonyl (C=O) groups excluding carboxylic acids is 1. The topological polar surface area (TPSA) is 77.8 Å². The van der Waals surface area contributed by atoms with E-state index in [1.165, 1.54) is 0 Å². The van der Waals surface area contributed by atoms with Crippen LogP contribution in [0.2, 0.25) is 0 Å². The summed E-state index contributed by atoms with van der Waals surface area (Å²) < 4.78 is 0.652. The van der Waals surface area contributed by atoms with Crippen molar-refractivity contribution in [1.82, 2.24) is 4.98 Å². The maximum absolute atomic E-state index is 12.1. The number of hydrogen-bond acceptors (Lipinski definition) is 4. The molecule has 2 N–H and O–H groups in total. The Bertz CT molecular complexity index is 692. The fourth-order valence-corrected chi connectivity index (χ4v) is 2.19. The molecule has 0 fully saturated rings. The molecule has 0 radical (unpaired) electrons. The van der Waals surface area contributed by atoms with E-state index in [0.717, 1.165) is 12.2 Å². The predicted molar refractivity (Wildman–Crippen MR) is 85.2 cm³/mol. The summed E-state index contributed by atoms with van der Waals surface area (Å²) in [4.78, 5) is 16.2. The molecule has 0 spiro atoms. The van der Waals surface area contributed by atoms with E-state index in [9.17, 15) is 4.79 Å². The predicted octanol–water partition coefficient (Wildman–Crippen LogP) is 3.40. The van der Waals surface area contributed by atoms with Crippen LogP contribution in [0.25, 0.3) is 0 Å². The van der Waals surface area contributed by atoms with Gasteiger partial charge in [0.25, 0.3) is 5.91 Å². The van der Waals surface area contributed by atoms with Crippen molar-refractivity contribution < 1.29 is 4.79 Å². The molecule has 2 rings (SSSR count). The first kappa shape index (κ1) is 15.0. The summed E-state index contributed by atoms with van der Waals surface area (Å²) in [6.45, 7) is 2.79. The van der Waals surface area contributed by atoms with Gasteiger partial charge >= 0.3 is 0 Å². The van der Waals surface area contributed by atoms with Crippen molar-refractivity contribution in [2.75, 3.05) is 17.2 Å². The molecule has 0 aliphatic heterocycles. The average molecular weight is 345 g/mol. The second-order valence-electron chi connectivity index (χ2n) is 4.22. The second kappa shape index (κ2) is 6.86. The molecule has 1 aromatic carbocycles. The number of nitrogens with one attached hydrogen (secondary N) is 2. The van der Waals surface area contributed by atoms with Crippen LogP contribution in [0.1, 0.15) is 23.0 Å². The monoisotopic (exact) mass is 344 g/mol. The largest absolute Gasteiger partial charge is 0.384 e. The van der Waals surface area contributed by atoms with Gasteiger partial charge in [-0.15, -0.1) is 0 Å². The zero-order chi connectivity index (χ0) is 15.2. The zero-order valence-electron chi connectivity index (χ0n) is 11.4. The van der Waals surface area contributed by atoms with Crippen LogP contribution in [0.5, 0.6) is 0 Å². The Balaban J connectivity index is 2.12. The third kappa shape index (κ3) is 3.80. The van der Waals surface area contributed by atoms with Gasteiger partial charge in [0.1, 0.15) is 5.69 Å². The maximum Gasteiger partial charge on any atom is 0.274 e. The molecule has 0 unspecified atom stereocenters. The van der Waals surface area contributed by atoms with Gasteiger partial charge in [-0.2, -0.15) is 5.26 Å². The minimum absolute atomic E-state index is 0.302. The van der Waals surface area contributed by atoms with Gasteiger partial charge in [0.15, 0.2) is 0 Å². The molecule has 21 heavy (non-hydrogen) atoms. The standard InChI is InChI=1S/C15H13BrN4O/c1-2-18-11-4-6-14(19-9-11)15(21)20-13-5-3-10(8-17)7-12(13)16/h3-7,9,18H,2H2,1H3,(H,20,21). The van der Waals surface area contributed by atoms with Crippen LogP contribution in [0, 0.1) is 11.3 Å². The quantitative estimate of drug-likeness (QED) is 0.890. The van der Waals surface area contributed by atoms with E-state index < -0.39 is 0 Å². The average Bonchev–Trinajstić information content (AvgIpc) is 2.50. The fourth-order valence-electron chi connectivity index (χ4n) is 1.71. The van der Waals surface area contributed by atoms with E-state index in [0.29, 0.717) is 21.4 Å². The third-order valence-electron chi connectivity index (χ3n) is 2.72. The van der Waals surface area contributed by atoms with Crippen LogP contribution in [0.4, 0.5) is 11.4 Å². The first-order valence-corrected chi connectivity index (χ1v) is 7.14. The van der Waals surface area contributed by atoms with E-state index >= 15 is 0 Å². The maximum atomic E-state index is 12.1. The van der Waals surface area contributed by atoms with Gasteiger partial charge in [-0.05, 0) is 53.2 Å². The van der Waals surface area contributed by atoms with Crippen molar-refractivity contribution in [2.24, 2.45) is 0 Å². The van der Waals surface area contributed by atoms with E-state index in [1.807, 2.05) is 13.0 Å². The van der Waals surface area contributed by atoms with E-state index in [1.54, 1.807) is 36.5 Å². The number of pyridine rings is 1. The van der Waals surface area contributed by atoms with Crippen molar-refractivity contribution in [2.45, 2.75) is 6.92 Å². The first-order valence-electron chi connectivity index (χ1n) is 6.35. The van der Waals surface area contributed by atoms with Gasteiger partial charge in [0.2, 0.25) is 0 Å². The summed E-state index contributed by atoms with van der Waals surface area (Å²) in [6.07, 6.45) is 1.62. The Hall–Kier alpha value is -2.39. The van der Waals surface area contributed by atoms with Crippen molar-refractivity contribution in [1.29, 1.82) is 5.26 Å². The van der Waals surface area contributed by atoms with Crippen LogP contribution in [-0.4, -0.2) is 17.4 Å². The molecule has 1 heterocycles. The Kier molecular flexibility index (Phi) is 4.90. The number of nitrogens with zero attached hydrogens (tertiary/aromatic N) is 2. The second-order valence-corrected chi connectivity index (χ2v) is 5.08. The van der Waals surface area contributed by atoms with Crippen molar-refractivity contribution in [3.05, 3.63) is 52.3 Å². The highest BCUT2D eigenvalue weighted by Crippen LogP contribution is 2.23. The fraction of sp³-hybridized carbons (Fsp3) is 0.133. The first-order chi connectivity index (χ1) is 10.1. The van der Waals surface area contributed by atoms with Crippen LogP contribution >= 0.6 is 15.9 Å². The van der Waals surface area contributed by atoms with E-state index in [-0.39, 0.29) is 5.91 Å². The molecule has 0 bridgehead atoms. The third-order valence-corrected chi connectivity index (χ3v) is 3.38. The molecule has 0 aliphatic carbocycles. The van der Waals surface area contributed by atoms with Crippen LogP contribution in [0.3, 0.4) is 0 Å². The van der Waals surface area contributed by atoms with Gasteiger partial charge in [0.05, 0.1) is 29.2 Å². The highest BCUT2D eigenvalue weighted by atomic mass is 79.9. The lowest BCUT2D eigenvalue weighted by molar-refractivity contribution is 0.102. The lowest BCUT2D eigenvalue weighted by Gasteiger charge is -2.08. The Labute approximate surface area is 131 Å². The number of hydrogen-bond donors (Lipinski definition) is 2. The van der Waals surface area contributed by atoms with Gasteiger partial charge in [-0.25, -0.2) is 4.98 Å². The Morgan fingerprint density at radius 1 is 1.38 bits per heavy atom. The molecule has 6 heteroatoms. The zero-order valence-corrected chi connectivity index (χ0v) is 12.9. The molecule has 0 aliphatic rings. The lowest BCUT2D eigenvalue weighted by Crippen LogP contribution is -2.14. The van der Waals surface area contributed by atoms with Crippen LogP contribution < -0.4 is 10.6 Å². The summed E-state index contributed by atoms with van der Waals surface area (Å²) in [6, 6.07) is 10.5. The number of carbonyl (C=O) groups is 1. The molecular weight excluding hydrogens is 332 g/mol. The summed E-state index contributed by atoms with van der Waals surface area (Å²) in [5.41, 5.74) is 2.31. The summed E-state index contributed by atoms with van der Waals surface area (Å²) in [5.74, 6) is -0.302. The molecule has 1 amide bonds. The van der Waals surface area contributed by atoms with Crippen molar-refractivity contribution in [3.63, 3.8) is 0 Å². The molecule has 106 valence electrons. The molecule has 5 nitrogen and oxygen atoms in total. The number of amides is 1. The summed E-state index contributed by atoms with van der Waals surface area (Å²) >= 11 is 3.32. The Morgan fingerprint density at radius 2 is 2.19 bits per heavy atom. The minimum atomic E-state index is -0.302.